The van der Waals surface area contributed by atoms with Gasteiger partial charge in [0.15, 0.2) is 0 Å². The zero-order chi connectivity index (χ0) is 21.3. The first-order valence-corrected chi connectivity index (χ1v) is 10.3. The molecule has 2 heterocycles. The van der Waals surface area contributed by atoms with E-state index in [0.29, 0.717) is 35.8 Å². The molecule has 0 fully saturated rings. The number of aryl methyl sites for hydroxylation is 1. The summed E-state index contributed by atoms with van der Waals surface area (Å²) in [6, 6.07) is 9.01. The number of phenols is 1. The van der Waals surface area contributed by atoms with Gasteiger partial charge in [-0.25, -0.2) is 0 Å². The highest BCUT2D eigenvalue weighted by molar-refractivity contribution is 6.01. The Kier molecular flexibility index (Phi) is 5.63. The number of rotatable bonds is 7. The first kappa shape index (κ1) is 20.2. The molecule has 0 atom stereocenters. The highest BCUT2D eigenvalue weighted by atomic mass is 16.5. The molecular formula is C23H27N3O4. The molecule has 4 rings (SSSR count). The summed E-state index contributed by atoms with van der Waals surface area (Å²) in [6.45, 7) is 5.47. The van der Waals surface area contributed by atoms with Crippen molar-refractivity contribution in [1.82, 2.24) is 15.1 Å². The van der Waals surface area contributed by atoms with Gasteiger partial charge in [0.1, 0.15) is 18.1 Å². The SMILES string of the molecule is CC(C)CCc1[nH]nc2cc(O)c(C(=O)N3Cc4ccc(OCCO)cc4C3)cc12. The van der Waals surface area contributed by atoms with E-state index >= 15 is 0 Å². The molecule has 0 radical (unpaired) electrons. The van der Waals surface area contributed by atoms with E-state index in [1.807, 2.05) is 18.2 Å². The first-order chi connectivity index (χ1) is 14.5. The van der Waals surface area contributed by atoms with Crippen LogP contribution in [-0.4, -0.2) is 44.4 Å². The van der Waals surface area contributed by atoms with Gasteiger partial charge in [-0.2, -0.15) is 5.10 Å². The zero-order valence-electron chi connectivity index (χ0n) is 17.3. The first-order valence-electron chi connectivity index (χ1n) is 10.3. The molecule has 7 nitrogen and oxygen atoms in total. The third-order valence-corrected chi connectivity index (χ3v) is 5.50. The number of fused-ring (bicyclic) bond motifs is 2. The van der Waals surface area contributed by atoms with E-state index in [1.54, 1.807) is 17.0 Å². The van der Waals surface area contributed by atoms with E-state index in [-0.39, 0.29) is 24.9 Å². The number of aliphatic hydroxyl groups excluding tert-OH is 1. The molecule has 3 N–H and O–H groups in total. The number of nitrogens with zero attached hydrogens (tertiary/aromatic N) is 2. The molecule has 1 aliphatic heterocycles. The van der Waals surface area contributed by atoms with Crippen molar-refractivity contribution in [2.75, 3.05) is 13.2 Å². The molecule has 3 aromatic rings. The lowest BCUT2D eigenvalue weighted by Gasteiger charge is -2.16. The Labute approximate surface area is 175 Å². The number of aromatic nitrogens is 2. The Bertz CT molecular complexity index is 1070. The third kappa shape index (κ3) is 3.98. The molecule has 1 amide bonds. The summed E-state index contributed by atoms with van der Waals surface area (Å²) >= 11 is 0. The maximum absolute atomic E-state index is 13.2. The van der Waals surface area contributed by atoms with Crippen LogP contribution in [0.5, 0.6) is 11.5 Å². The number of H-pyrrole nitrogens is 1. The molecule has 0 saturated heterocycles. The van der Waals surface area contributed by atoms with Crippen LogP contribution >= 0.6 is 0 Å². The summed E-state index contributed by atoms with van der Waals surface area (Å²) in [4.78, 5) is 14.9. The summed E-state index contributed by atoms with van der Waals surface area (Å²) < 4.78 is 5.47. The minimum absolute atomic E-state index is 0.0450. The van der Waals surface area contributed by atoms with Gasteiger partial charge in [0.2, 0.25) is 0 Å². The third-order valence-electron chi connectivity index (χ3n) is 5.50. The van der Waals surface area contributed by atoms with Crippen molar-refractivity contribution < 1.29 is 19.7 Å². The van der Waals surface area contributed by atoms with Gasteiger partial charge in [-0.1, -0.05) is 19.9 Å². The number of carbonyl (C=O) groups is 1. The Balaban J connectivity index is 1.56. The van der Waals surface area contributed by atoms with Crippen LogP contribution in [0.2, 0.25) is 0 Å². The second kappa shape index (κ2) is 8.36. The number of hydrogen-bond acceptors (Lipinski definition) is 5. The van der Waals surface area contributed by atoms with Crippen LogP contribution in [0.15, 0.2) is 30.3 Å². The Morgan fingerprint density at radius 1 is 1.23 bits per heavy atom. The maximum Gasteiger partial charge on any atom is 0.258 e. The minimum atomic E-state index is -0.209. The van der Waals surface area contributed by atoms with Crippen molar-refractivity contribution in [2.24, 2.45) is 5.92 Å². The van der Waals surface area contributed by atoms with Crippen LogP contribution in [0, 0.1) is 5.92 Å². The lowest BCUT2D eigenvalue weighted by molar-refractivity contribution is 0.0748. The second-order valence-electron chi connectivity index (χ2n) is 8.18. The van der Waals surface area contributed by atoms with Gasteiger partial charge in [-0.15, -0.1) is 0 Å². The van der Waals surface area contributed by atoms with E-state index in [2.05, 4.69) is 24.0 Å². The Morgan fingerprint density at radius 3 is 2.80 bits per heavy atom. The molecule has 158 valence electrons. The van der Waals surface area contributed by atoms with Crippen LogP contribution in [0.4, 0.5) is 0 Å². The van der Waals surface area contributed by atoms with Gasteiger partial charge < -0.3 is 19.8 Å². The lowest BCUT2D eigenvalue weighted by Crippen LogP contribution is -2.25. The summed E-state index contributed by atoms with van der Waals surface area (Å²) in [5.74, 6) is 0.974. The van der Waals surface area contributed by atoms with Gasteiger partial charge >= 0.3 is 0 Å². The summed E-state index contributed by atoms with van der Waals surface area (Å²) in [6.07, 6.45) is 1.86. The standard InChI is InChI=1S/C23H27N3O4/c1-14(2)3-6-20-18-10-19(22(28)11-21(18)25-24-20)23(29)26-12-15-4-5-17(30-8-7-27)9-16(15)13-26/h4-5,9-11,14,27-28H,3,6-8,12-13H2,1-2H3,(H,24,25). The predicted molar refractivity (Wildman–Crippen MR) is 114 cm³/mol. The van der Waals surface area contributed by atoms with E-state index in [0.717, 1.165) is 35.0 Å². The minimum Gasteiger partial charge on any atom is -0.507 e. The Morgan fingerprint density at radius 2 is 2.03 bits per heavy atom. The number of aromatic hydroxyl groups is 1. The number of carbonyl (C=O) groups excluding carboxylic acids is 1. The molecule has 2 aromatic carbocycles. The van der Waals surface area contributed by atoms with Crippen LogP contribution in [0.1, 0.15) is 47.4 Å². The van der Waals surface area contributed by atoms with Crippen molar-refractivity contribution in [3.63, 3.8) is 0 Å². The van der Waals surface area contributed by atoms with E-state index in [1.165, 1.54) is 0 Å². The molecule has 0 saturated carbocycles. The summed E-state index contributed by atoms with van der Waals surface area (Å²) in [5, 5.41) is 27.6. The summed E-state index contributed by atoms with van der Waals surface area (Å²) in [7, 11) is 0. The van der Waals surface area contributed by atoms with Gasteiger partial charge in [-0.3, -0.25) is 9.89 Å². The van der Waals surface area contributed by atoms with Crippen molar-refractivity contribution in [3.05, 3.63) is 52.7 Å². The van der Waals surface area contributed by atoms with Crippen LogP contribution in [-0.2, 0) is 19.5 Å². The fourth-order valence-electron chi connectivity index (χ4n) is 3.83. The highest BCUT2D eigenvalue weighted by Crippen LogP contribution is 2.32. The highest BCUT2D eigenvalue weighted by Gasteiger charge is 2.27. The molecule has 0 aliphatic carbocycles. The predicted octanol–water partition coefficient (Wildman–Crippen LogP) is 3.38. The number of benzene rings is 2. The number of amides is 1. The van der Waals surface area contributed by atoms with Gasteiger partial charge in [-0.05, 0) is 48.1 Å². The molecule has 0 bridgehead atoms. The van der Waals surface area contributed by atoms with Crippen molar-refractivity contribution in [2.45, 2.75) is 39.8 Å². The fourth-order valence-corrected chi connectivity index (χ4v) is 3.83. The maximum atomic E-state index is 13.2. The van der Waals surface area contributed by atoms with Crippen LogP contribution < -0.4 is 4.74 Å². The number of phenolic OH excluding ortho intramolecular Hbond substituents is 1. The number of hydrogen-bond donors (Lipinski definition) is 3. The molecule has 7 heteroatoms. The number of aliphatic hydroxyl groups is 1. The van der Waals surface area contributed by atoms with E-state index < -0.39 is 0 Å². The van der Waals surface area contributed by atoms with Crippen molar-refractivity contribution >= 4 is 16.8 Å². The smallest absolute Gasteiger partial charge is 0.258 e. The molecule has 0 unspecified atom stereocenters. The average Bonchev–Trinajstić information content (AvgIpc) is 3.32. The van der Waals surface area contributed by atoms with Gasteiger partial charge in [0.25, 0.3) is 5.91 Å². The molecule has 1 aromatic heterocycles. The lowest BCUT2D eigenvalue weighted by atomic mass is 10.0. The van der Waals surface area contributed by atoms with Crippen molar-refractivity contribution in [3.8, 4) is 11.5 Å². The quantitative estimate of drug-likeness (QED) is 0.556. The second-order valence-corrected chi connectivity index (χ2v) is 8.18. The monoisotopic (exact) mass is 409 g/mol. The van der Waals surface area contributed by atoms with Gasteiger partial charge in [0, 0.05) is 30.2 Å². The fraction of sp³-hybridized carbons (Fsp3) is 0.391. The van der Waals surface area contributed by atoms with Crippen LogP contribution in [0.25, 0.3) is 10.9 Å². The average molecular weight is 409 g/mol. The normalized spacial score (nSPS) is 13.3. The molecule has 0 spiro atoms. The van der Waals surface area contributed by atoms with Crippen molar-refractivity contribution in [1.29, 1.82) is 0 Å². The summed E-state index contributed by atoms with van der Waals surface area (Å²) in [5.41, 5.74) is 4.02. The number of nitrogens with one attached hydrogen (secondary N) is 1. The van der Waals surface area contributed by atoms with E-state index in [9.17, 15) is 9.90 Å². The van der Waals surface area contributed by atoms with Crippen LogP contribution in [0.3, 0.4) is 0 Å². The molecule has 30 heavy (non-hydrogen) atoms. The molecular weight excluding hydrogens is 382 g/mol. The molecule has 1 aliphatic rings. The number of aromatic amines is 1. The number of ether oxygens (including phenoxy) is 1. The largest absolute Gasteiger partial charge is 0.507 e. The topological polar surface area (TPSA) is 98.7 Å². The zero-order valence-corrected chi connectivity index (χ0v) is 17.3. The van der Waals surface area contributed by atoms with Gasteiger partial charge in [0.05, 0.1) is 17.7 Å². The Hall–Kier alpha value is -3.06. The van der Waals surface area contributed by atoms with E-state index in [4.69, 9.17) is 9.84 Å².